The van der Waals surface area contributed by atoms with Crippen molar-refractivity contribution in [3.8, 4) is 11.5 Å². The highest BCUT2D eigenvalue weighted by Gasteiger charge is 2.10. The standard InChI is InChI=1S/C20H25NO3S/c1-4-23-17-8-6-16(7-9-17)15(3)21-20(22)14-25-19-12-10-18(11-13-19)24-5-2/h6-13,15H,4-5,14H2,1-3H3,(H,21,22). The fraction of sp³-hybridized carbons (Fsp3) is 0.350. The summed E-state index contributed by atoms with van der Waals surface area (Å²) in [6.45, 7) is 7.19. The van der Waals surface area contributed by atoms with Crippen LogP contribution in [0.1, 0.15) is 32.4 Å². The van der Waals surface area contributed by atoms with Crippen LogP contribution in [0.4, 0.5) is 0 Å². The molecule has 2 aromatic carbocycles. The predicted molar refractivity (Wildman–Crippen MR) is 103 cm³/mol. The van der Waals surface area contributed by atoms with Crippen LogP contribution in [-0.2, 0) is 4.79 Å². The van der Waals surface area contributed by atoms with E-state index in [2.05, 4.69) is 5.32 Å². The number of amides is 1. The van der Waals surface area contributed by atoms with Gasteiger partial charge in [-0.2, -0.15) is 0 Å². The quantitative estimate of drug-likeness (QED) is 0.672. The number of carbonyl (C=O) groups excluding carboxylic acids is 1. The third-order valence-electron chi connectivity index (χ3n) is 3.57. The minimum Gasteiger partial charge on any atom is -0.494 e. The van der Waals surface area contributed by atoms with Gasteiger partial charge < -0.3 is 14.8 Å². The van der Waals surface area contributed by atoms with E-state index in [0.29, 0.717) is 19.0 Å². The number of nitrogens with one attached hydrogen (secondary N) is 1. The molecule has 0 aliphatic heterocycles. The van der Waals surface area contributed by atoms with Gasteiger partial charge in [0.25, 0.3) is 0 Å². The van der Waals surface area contributed by atoms with Crippen molar-refractivity contribution in [2.75, 3.05) is 19.0 Å². The highest BCUT2D eigenvalue weighted by Crippen LogP contribution is 2.22. The molecule has 0 aromatic heterocycles. The molecule has 134 valence electrons. The maximum atomic E-state index is 12.2. The fourth-order valence-corrected chi connectivity index (χ4v) is 3.04. The van der Waals surface area contributed by atoms with E-state index in [4.69, 9.17) is 9.47 Å². The van der Waals surface area contributed by atoms with Gasteiger partial charge in [0.2, 0.25) is 5.91 Å². The van der Waals surface area contributed by atoms with Gasteiger partial charge >= 0.3 is 0 Å². The molecule has 0 aliphatic rings. The van der Waals surface area contributed by atoms with Crippen molar-refractivity contribution in [3.63, 3.8) is 0 Å². The number of thioether (sulfide) groups is 1. The van der Waals surface area contributed by atoms with Gasteiger partial charge in [0, 0.05) is 4.90 Å². The van der Waals surface area contributed by atoms with Gasteiger partial charge in [-0.3, -0.25) is 4.79 Å². The van der Waals surface area contributed by atoms with Gasteiger partial charge in [0.15, 0.2) is 0 Å². The summed E-state index contributed by atoms with van der Waals surface area (Å²) >= 11 is 1.51. The average molecular weight is 359 g/mol. The van der Waals surface area contributed by atoms with Crippen LogP contribution in [-0.4, -0.2) is 24.9 Å². The number of carbonyl (C=O) groups is 1. The lowest BCUT2D eigenvalue weighted by Gasteiger charge is -2.15. The fourth-order valence-electron chi connectivity index (χ4n) is 2.33. The van der Waals surface area contributed by atoms with Crippen molar-refractivity contribution in [2.45, 2.75) is 31.7 Å². The van der Waals surface area contributed by atoms with Crippen molar-refractivity contribution >= 4 is 17.7 Å². The van der Waals surface area contributed by atoms with Crippen molar-refractivity contribution in [1.82, 2.24) is 5.32 Å². The molecule has 1 N–H and O–H groups in total. The molecule has 0 saturated carbocycles. The van der Waals surface area contributed by atoms with E-state index in [-0.39, 0.29) is 11.9 Å². The summed E-state index contributed by atoms with van der Waals surface area (Å²) in [7, 11) is 0. The van der Waals surface area contributed by atoms with Gasteiger partial charge in [-0.05, 0) is 62.7 Å². The van der Waals surface area contributed by atoms with E-state index in [1.54, 1.807) is 0 Å². The summed E-state index contributed by atoms with van der Waals surface area (Å²) in [5.41, 5.74) is 1.06. The molecule has 2 aromatic rings. The predicted octanol–water partition coefficient (Wildman–Crippen LogP) is 4.45. The van der Waals surface area contributed by atoms with Crippen LogP contribution in [0.3, 0.4) is 0 Å². The smallest absolute Gasteiger partial charge is 0.230 e. The summed E-state index contributed by atoms with van der Waals surface area (Å²) in [6, 6.07) is 15.6. The zero-order valence-electron chi connectivity index (χ0n) is 15.0. The van der Waals surface area contributed by atoms with E-state index in [1.807, 2.05) is 69.3 Å². The van der Waals surface area contributed by atoms with Gasteiger partial charge in [-0.1, -0.05) is 12.1 Å². The van der Waals surface area contributed by atoms with Crippen LogP contribution in [0.25, 0.3) is 0 Å². The number of hydrogen-bond acceptors (Lipinski definition) is 4. The van der Waals surface area contributed by atoms with Crippen LogP contribution >= 0.6 is 11.8 Å². The van der Waals surface area contributed by atoms with Crippen LogP contribution in [0.5, 0.6) is 11.5 Å². The Hall–Kier alpha value is -2.14. The second-order valence-corrected chi connectivity index (χ2v) is 6.53. The lowest BCUT2D eigenvalue weighted by molar-refractivity contribution is -0.119. The first kappa shape index (κ1) is 19.2. The Morgan fingerprint density at radius 3 is 2.00 bits per heavy atom. The molecule has 0 fully saturated rings. The number of benzene rings is 2. The number of hydrogen-bond donors (Lipinski definition) is 1. The number of ether oxygens (including phenoxy) is 2. The second-order valence-electron chi connectivity index (χ2n) is 5.48. The third kappa shape index (κ3) is 6.35. The lowest BCUT2D eigenvalue weighted by atomic mass is 10.1. The molecule has 1 unspecified atom stereocenters. The molecule has 0 spiro atoms. The molecule has 0 radical (unpaired) electrons. The van der Waals surface area contributed by atoms with E-state index in [1.165, 1.54) is 11.8 Å². The first-order valence-corrected chi connectivity index (χ1v) is 9.48. The molecule has 0 bridgehead atoms. The zero-order chi connectivity index (χ0) is 18.1. The molecule has 0 saturated heterocycles. The van der Waals surface area contributed by atoms with Gasteiger partial charge in [0.05, 0.1) is 25.0 Å². The summed E-state index contributed by atoms with van der Waals surface area (Å²) in [4.78, 5) is 13.2. The average Bonchev–Trinajstić information content (AvgIpc) is 2.62. The molecule has 4 nitrogen and oxygen atoms in total. The summed E-state index contributed by atoms with van der Waals surface area (Å²) in [6.07, 6.45) is 0. The normalized spacial score (nSPS) is 11.6. The topological polar surface area (TPSA) is 47.6 Å². The van der Waals surface area contributed by atoms with Gasteiger partial charge in [-0.15, -0.1) is 11.8 Å². The minimum absolute atomic E-state index is 0.0141. The van der Waals surface area contributed by atoms with E-state index in [0.717, 1.165) is 22.0 Å². The molecule has 1 atom stereocenters. The molecule has 1 amide bonds. The first-order valence-electron chi connectivity index (χ1n) is 8.50. The van der Waals surface area contributed by atoms with Crippen molar-refractivity contribution in [2.24, 2.45) is 0 Å². The molecule has 5 heteroatoms. The monoisotopic (exact) mass is 359 g/mol. The Morgan fingerprint density at radius 2 is 1.48 bits per heavy atom. The summed E-state index contributed by atoms with van der Waals surface area (Å²) < 4.78 is 10.8. The van der Waals surface area contributed by atoms with Crippen molar-refractivity contribution in [1.29, 1.82) is 0 Å². The highest BCUT2D eigenvalue weighted by atomic mass is 32.2. The zero-order valence-corrected chi connectivity index (χ0v) is 15.8. The van der Waals surface area contributed by atoms with E-state index in [9.17, 15) is 4.79 Å². The van der Waals surface area contributed by atoms with Crippen molar-refractivity contribution in [3.05, 3.63) is 54.1 Å². The highest BCUT2D eigenvalue weighted by molar-refractivity contribution is 8.00. The van der Waals surface area contributed by atoms with E-state index >= 15 is 0 Å². The second kappa shape index (κ2) is 9.99. The first-order chi connectivity index (χ1) is 12.1. The van der Waals surface area contributed by atoms with Gasteiger partial charge in [0.1, 0.15) is 11.5 Å². The molecular formula is C20H25NO3S. The third-order valence-corrected chi connectivity index (χ3v) is 4.59. The Bertz CT molecular complexity index is 656. The SMILES string of the molecule is CCOc1ccc(SCC(=O)NC(C)c2ccc(OCC)cc2)cc1. The Kier molecular flexibility index (Phi) is 7.67. The molecule has 0 aliphatic carbocycles. The molecule has 2 rings (SSSR count). The Balaban J connectivity index is 1.80. The number of rotatable bonds is 9. The largest absolute Gasteiger partial charge is 0.494 e. The Morgan fingerprint density at radius 1 is 0.960 bits per heavy atom. The Labute approximate surface area is 153 Å². The van der Waals surface area contributed by atoms with Crippen molar-refractivity contribution < 1.29 is 14.3 Å². The van der Waals surface area contributed by atoms with Crippen LogP contribution < -0.4 is 14.8 Å². The van der Waals surface area contributed by atoms with Crippen LogP contribution in [0.2, 0.25) is 0 Å². The molecule has 0 heterocycles. The maximum absolute atomic E-state index is 12.2. The van der Waals surface area contributed by atoms with Crippen LogP contribution in [0.15, 0.2) is 53.4 Å². The van der Waals surface area contributed by atoms with Crippen LogP contribution in [0, 0.1) is 0 Å². The molecular weight excluding hydrogens is 334 g/mol. The summed E-state index contributed by atoms with van der Waals surface area (Å²) in [5.74, 6) is 2.09. The molecule has 25 heavy (non-hydrogen) atoms. The maximum Gasteiger partial charge on any atom is 0.230 e. The summed E-state index contributed by atoms with van der Waals surface area (Å²) in [5, 5.41) is 3.02. The lowest BCUT2D eigenvalue weighted by Crippen LogP contribution is -2.28. The minimum atomic E-state index is -0.0379. The van der Waals surface area contributed by atoms with E-state index < -0.39 is 0 Å². The van der Waals surface area contributed by atoms with Gasteiger partial charge in [-0.25, -0.2) is 0 Å².